The molecule has 2 aromatic rings. The first kappa shape index (κ1) is 10.4. The van der Waals surface area contributed by atoms with Crippen LogP contribution in [0.5, 0.6) is 0 Å². The molecule has 0 N–H and O–H groups in total. The summed E-state index contributed by atoms with van der Waals surface area (Å²) in [5.74, 6) is 0. The summed E-state index contributed by atoms with van der Waals surface area (Å²) in [5.41, 5.74) is 2.85. The molecule has 0 radical (unpaired) electrons. The molecule has 1 aliphatic heterocycles. The minimum Gasteiger partial charge on any atom is -0.345 e. The average Bonchev–Trinajstić information content (AvgIpc) is 3.00. The van der Waals surface area contributed by atoms with Crippen LogP contribution in [0.3, 0.4) is 0 Å². The molecule has 0 aromatic carbocycles. The summed E-state index contributed by atoms with van der Waals surface area (Å²) < 4.78 is 12.8. The van der Waals surface area contributed by atoms with E-state index in [2.05, 4.69) is 10.1 Å². The fourth-order valence-electron chi connectivity index (χ4n) is 1.93. The number of hydrogen-bond donors (Lipinski definition) is 0. The third-order valence-electron chi connectivity index (χ3n) is 2.70. The molecule has 0 aliphatic carbocycles. The Bertz CT molecular complexity index is 518. The molecule has 0 saturated carbocycles. The van der Waals surface area contributed by atoms with Gasteiger partial charge in [0.25, 0.3) is 0 Å². The van der Waals surface area contributed by atoms with E-state index in [-0.39, 0.29) is 6.29 Å². The zero-order chi connectivity index (χ0) is 11.7. The van der Waals surface area contributed by atoms with E-state index in [4.69, 9.17) is 9.47 Å². The Morgan fingerprint density at radius 3 is 2.88 bits per heavy atom. The average molecular weight is 231 g/mol. The molecule has 1 saturated heterocycles. The molecule has 0 bridgehead atoms. The van der Waals surface area contributed by atoms with Crippen molar-refractivity contribution in [3.63, 3.8) is 0 Å². The molecule has 3 heterocycles. The number of hydrogen-bond acceptors (Lipinski definition) is 4. The zero-order valence-electron chi connectivity index (χ0n) is 9.54. The molecule has 0 spiro atoms. The van der Waals surface area contributed by atoms with Crippen molar-refractivity contribution in [1.82, 2.24) is 14.8 Å². The zero-order valence-corrected chi connectivity index (χ0v) is 9.54. The largest absolute Gasteiger partial charge is 0.345 e. The van der Waals surface area contributed by atoms with Gasteiger partial charge in [-0.3, -0.25) is 9.67 Å². The van der Waals surface area contributed by atoms with Gasteiger partial charge in [0.05, 0.1) is 19.4 Å². The van der Waals surface area contributed by atoms with Crippen molar-refractivity contribution in [3.8, 4) is 11.1 Å². The second-order valence-electron chi connectivity index (χ2n) is 3.91. The summed E-state index contributed by atoms with van der Waals surface area (Å²) in [6, 6.07) is 3.91. The molecule has 5 heteroatoms. The molecule has 1 fully saturated rings. The SMILES string of the molecule is Cn1cc(-c2cccnc2C2OCCO2)cn1. The van der Waals surface area contributed by atoms with Gasteiger partial charge in [0, 0.05) is 30.6 Å². The predicted molar refractivity (Wildman–Crippen MR) is 61.1 cm³/mol. The highest BCUT2D eigenvalue weighted by molar-refractivity contribution is 5.64. The van der Waals surface area contributed by atoms with Gasteiger partial charge in [-0.25, -0.2) is 0 Å². The summed E-state index contributed by atoms with van der Waals surface area (Å²) in [4.78, 5) is 4.36. The minimum absolute atomic E-state index is 0.355. The Labute approximate surface area is 99.0 Å². The van der Waals surface area contributed by atoms with Crippen molar-refractivity contribution < 1.29 is 9.47 Å². The van der Waals surface area contributed by atoms with Gasteiger partial charge in [0.1, 0.15) is 5.69 Å². The van der Waals surface area contributed by atoms with Gasteiger partial charge >= 0.3 is 0 Å². The van der Waals surface area contributed by atoms with E-state index in [0.29, 0.717) is 13.2 Å². The molecule has 2 aromatic heterocycles. The minimum atomic E-state index is -0.355. The second-order valence-corrected chi connectivity index (χ2v) is 3.91. The number of aryl methyl sites for hydroxylation is 1. The lowest BCUT2D eigenvalue weighted by Crippen LogP contribution is -2.03. The number of rotatable bonds is 2. The predicted octanol–water partition coefficient (Wildman–Crippen LogP) is 1.53. The van der Waals surface area contributed by atoms with Crippen molar-refractivity contribution >= 4 is 0 Å². The van der Waals surface area contributed by atoms with Crippen LogP contribution in [0.2, 0.25) is 0 Å². The van der Waals surface area contributed by atoms with Crippen LogP contribution < -0.4 is 0 Å². The van der Waals surface area contributed by atoms with Crippen molar-refractivity contribution in [2.45, 2.75) is 6.29 Å². The van der Waals surface area contributed by atoms with Crippen LogP contribution in [0.25, 0.3) is 11.1 Å². The van der Waals surface area contributed by atoms with Crippen molar-refractivity contribution in [1.29, 1.82) is 0 Å². The van der Waals surface area contributed by atoms with Crippen LogP contribution in [-0.2, 0) is 16.5 Å². The van der Waals surface area contributed by atoms with Crippen LogP contribution in [0.1, 0.15) is 12.0 Å². The Morgan fingerprint density at radius 1 is 1.35 bits per heavy atom. The molecule has 88 valence electrons. The highest BCUT2D eigenvalue weighted by Gasteiger charge is 2.23. The Balaban J connectivity index is 2.03. The monoisotopic (exact) mass is 231 g/mol. The maximum absolute atomic E-state index is 5.50. The molecule has 17 heavy (non-hydrogen) atoms. The Kier molecular flexibility index (Phi) is 2.62. The maximum Gasteiger partial charge on any atom is 0.201 e. The van der Waals surface area contributed by atoms with Gasteiger partial charge in [-0.1, -0.05) is 6.07 Å². The van der Waals surface area contributed by atoms with Crippen LogP contribution in [0, 0.1) is 0 Å². The van der Waals surface area contributed by atoms with Crippen molar-refractivity contribution in [2.24, 2.45) is 7.05 Å². The molecular formula is C12H13N3O2. The third-order valence-corrected chi connectivity index (χ3v) is 2.70. The fraction of sp³-hybridized carbons (Fsp3) is 0.333. The first-order chi connectivity index (χ1) is 8.34. The molecule has 1 aliphatic rings. The molecular weight excluding hydrogens is 218 g/mol. The first-order valence-electron chi connectivity index (χ1n) is 5.52. The number of aromatic nitrogens is 3. The molecule has 0 amide bonds. The van der Waals surface area contributed by atoms with E-state index in [1.807, 2.05) is 31.6 Å². The maximum atomic E-state index is 5.50. The van der Waals surface area contributed by atoms with Crippen LogP contribution in [0.15, 0.2) is 30.7 Å². The fourth-order valence-corrected chi connectivity index (χ4v) is 1.93. The van der Waals surface area contributed by atoms with E-state index in [9.17, 15) is 0 Å². The molecule has 0 atom stereocenters. The normalized spacial score (nSPS) is 16.5. The van der Waals surface area contributed by atoms with Gasteiger partial charge in [-0.15, -0.1) is 0 Å². The van der Waals surface area contributed by atoms with Gasteiger partial charge < -0.3 is 9.47 Å². The van der Waals surface area contributed by atoms with E-state index in [1.165, 1.54) is 0 Å². The van der Waals surface area contributed by atoms with Gasteiger partial charge in [-0.2, -0.15) is 5.10 Å². The molecule has 3 rings (SSSR count). The highest BCUT2D eigenvalue weighted by atomic mass is 16.7. The van der Waals surface area contributed by atoms with Gasteiger partial charge in [-0.05, 0) is 6.07 Å². The van der Waals surface area contributed by atoms with Crippen molar-refractivity contribution in [2.75, 3.05) is 13.2 Å². The summed E-state index contributed by atoms with van der Waals surface area (Å²) in [6.07, 6.45) is 5.16. The standard InChI is InChI=1S/C12H13N3O2/c1-15-8-9(7-14-15)10-3-2-4-13-11(10)12-16-5-6-17-12/h2-4,7-8,12H,5-6H2,1H3. The number of pyridine rings is 1. The lowest BCUT2D eigenvalue weighted by atomic mass is 10.1. The Morgan fingerprint density at radius 2 is 2.18 bits per heavy atom. The summed E-state index contributed by atoms with van der Waals surface area (Å²) >= 11 is 0. The lowest BCUT2D eigenvalue weighted by molar-refractivity contribution is -0.0468. The van der Waals surface area contributed by atoms with Crippen LogP contribution >= 0.6 is 0 Å². The first-order valence-corrected chi connectivity index (χ1v) is 5.52. The number of nitrogens with zero attached hydrogens (tertiary/aromatic N) is 3. The highest BCUT2D eigenvalue weighted by Crippen LogP contribution is 2.30. The number of ether oxygens (including phenoxy) is 2. The van der Waals surface area contributed by atoms with E-state index in [0.717, 1.165) is 16.8 Å². The summed E-state index contributed by atoms with van der Waals surface area (Å²) in [6.45, 7) is 1.24. The van der Waals surface area contributed by atoms with E-state index < -0.39 is 0 Å². The van der Waals surface area contributed by atoms with Crippen molar-refractivity contribution in [3.05, 3.63) is 36.4 Å². The smallest absolute Gasteiger partial charge is 0.201 e. The summed E-state index contributed by atoms with van der Waals surface area (Å²) in [7, 11) is 1.89. The summed E-state index contributed by atoms with van der Waals surface area (Å²) in [5, 5.41) is 4.17. The van der Waals surface area contributed by atoms with E-state index in [1.54, 1.807) is 10.9 Å². The van der Waals surface area contributed by atoms with Gasteiger partial charge in [0.2, 0.25) is 6.29 Å². The second kappa shape index (κ2) is 4.27. The van der Waals surface area contributed by atoms with Gasteiger partial charge in [0.15, 0.2) is 0 Å². The molecule has 0 unspecified atom stereocenters. The van der Waals surface area contributed by atoms with Crippen LogP contribution in [-0.4, -0.2) is 28.0 Å². The van der Waals surface area contributed by atoms with E-state index >= 15 is 0 Å². The Hall–Kier alpha value is -1.72. The quantitative estimate of drug-likeness (QED) is 0.786. The topological polar surface area (TPSA) is 49.2 Å². The lowest BCUT2D eigenvalue weighted by Gasteiger charge is -2.11. The third kappa shape index (κ3) is 1.94. The molecule has 5 nitrogen and oxygen atoms in total. The van der Waals surface area contributed by atoms with Crippen LogP contribution in [0.4, 0.5) is 0 Å².